The van der Waals surface area contributed by atoms with Crippen LogP contribution >= 0.6 is 0 Å². The van der Waals surface area contributed by atoms with Gasteiger partial charge in [-0.3, -0.25) is 9.55 Å². The molecule has 0 fully saturated rings. The fourth-order valence-electron chi connectivity index (χ4n) is 3.75. The van der Waals surface area contributed by atoms with E-state index in [0.717, 1.165) is 12.3 Å². The minimum absolute atomic E-state index is 0.0872. The lowest BCUT2D eigenvalue weighted by molar-refractivity contribution is -0.147. The molecule has 1 unspecified atom stereocenters. The van der Waals surface area contributed by atoms with Crippen molar-refractivity contribution in [2.75, 3.05) is 0 Å². The van der Waals surface area contributed by atoms with E-state index in [1.54, 1.807) is 40.5 Å². The Hall–Kier alpha value is -3.82. The number of nitrogens with zero attached hydrogens (tertiary/aromatic N) is 4. The fraction of sp³-hybridized carbons (Fsp3) is 0.208. The summed E-state index contributed by atoms with van der Waals surface area (Å²) in [6.45, 7) is 2.48. The number of hydrogen-bond donors (Lipinski definition) is 1. The SMILES string of the molecule is CCc1cc2c(cc1F)c(C#N)c(-c1ccc(S(=O)(=O)NC(C)C(F)(F)F)cn1)n2-c1ccccn1. The number of halogens is 4. The van der Waals surface area contributed by atoms with E-state index in [9.17, 15) is 31.2 Å². The Morgan fingerprint density at radius 1 is 1.17 bits per heavy atom. The Labute approximate surface area is 204 Å². The van der Waals surface area contributed by atoms with Gasteiger partial charge in [0, 0.05) is 17.8 Å². The smallest absolute Gasteiger partial charge is 0.291 e. The van der Waals surface area contributed by atoms with Crippen LogP contribution in [-0.2, 0) is 16.4 Å². The van der Waals surface area contributed by atoms with Crippen LogP contribution in [0.25, 0.3) is 28.1 Å². The first kappa shape index (κ1) is 25.3. The van der Waals surface area contributed by atoms with Crippen molar-refractivity contribution in [3.05, 3.63) is 71.8 Å². The van der Waals surface area contributed by atoms with Crippen molar-refractivity contribution in [2.24, 2.45) is 0 Å². The van der Waals surface area contributed by atoms with Crippen molar-refractivity contribution in [1.29, 1.82) is 5.26 Å². The van der Waals surface area contributed by atoms with E-state index >= 15 is 0 Å². The average molecular weight is 518 g/mol. The molecule has 0 saturated carbocycles. The van der Waals surface area contributed by atoms with Crippen LogP contribution in [0.15, 0.2) is 59.8 Å². The van der Waals surface area contributed by atoms with E-state index in [1.807, 2.05) is 0 Å². The van der Waals surface area contributed by atoms with E-state index in [0.29, 0.717) is 35.6 Å². The first-order chi connectivity index (χ1) is 17.0. The van der Waals surface area contributed by atoms with Gasteiger partial charge < -0.3 is 0 Å². The molecule has 1 N–H and O–H groups in total. The van der Waals surface area contributed by atoms with E-state index in [1.165, 1.54) is 18.3 Å². The Balaban J connectivity index is 1.91. The maximum Gasteiger partial charge on any atom is 0.404 e. The highest BCUT2D eigenvalue weighted by Gasteiger charge is 2.39. The monoisotopic (exact) mass is 517 g/mol. The second-order valence-electron chi connectivity index (χ2n) is 7.94. The molecule has 0 amide bonds. The minimum atomic E-state index is -4.77. The Morgan fingerprint density at radius 3 is 2.47 bits per heavy atom. The molecule has 0 radical (unpaired) electrons. The second-order valence-corrected chi connectivity index (χ2v) is 9.65. The van der Waals surface area contributed by atoms with Crippen molar-refractivity contribution in [2.45, 2.75) is 37.4 Å². The molecule has 3 heterocycles. The van der Waals surface area contributed by atoms with Crippen LogP contribution in [-0.4, -0.2) is 35.2 Å². The topological polar surface area (TPSA) is 101 Å². The van der Waals surface area contributed by atoms with Gasteiger partial charge in [-0.1, -0.05) is 13.0 Å². The number of rotatable bonds is 6. The molecule has 0 aliphatic heterocycles. The predicted octanol–water partition coefficient (Wildman–Crippen LogP) is 4.89. The number of aryl methyl sites for hydroxylation is 1. The highest BCUT2D eigenvalue weighted by Crippen LogP contribution is 2.36. The molecule has 3 aromatic heterocycles. The summed E-state index contributed by atoms with van der Waals surface area (Å²) in [5.41, 5.74) is 1.39. The third kappa shape index (κ3) is 4.55. The lowest BCUT2D eigenvalue weighted by Gasteiger charge is -2.17. The third-order valence-electron chi connectivity index (χ3n) is 5.62. The lowest BCUT2D eigenvalue weighted by atomic mass is 10.1. The molecule has 4 rings (SSSR count). The average Bonchev–Trinajstić information content (AvgIpc) is 3.16. The normalized spacial score (nSPS) is 13.0. The number of nitriles is 1. The maximum atomic E-state index is 14.7. The van der Waals surface area contributed by atoms with E-state index in [4.69, 9.17) is 0 Å². The molecule has 1 aromatic carbocycles. The molecule has 0 bridgehead atoms. The van der Waals surface area contributed by atoms with Gasteiger partial charge in [-0.2, -0.15) is 23.2 Å². The van der Waals surface area contributed by atoms with Gasteiger partial charge in [-0.25, -0.2) is 17.8 Å². The summed E-state index contributed by atoms with van der Waals surface area (Å²) in [7, 11) is -4.53. The van der Waals surface area contributed by atoms with Gasteiger partial charge in [-0.15, -0.1) is 0 Å². The number of sulfonamides is 1. The van der Waals surface area contributed by atoms with Crippen molar-refractivity contribution in [1.82, 2.24) is 19.3 Å². The highest BCUT2D eigenvalue weighted by atomic mass is 32.2. The molecule has 7 nitrogen and oxygen atoms in total. The summed E-state index contributed by atoms with van der Waals surface area (Å²) in [6.07, 6.45) is -1.92. The van der Waals surface area contributed by atoms with Gasteiger partial charge in [0.2, 0.25) is 10.0 Å². The van der Waals surface area contributed by atoms with E-state index < -0.39 is 33.0 Å². The molecular weight excluding hydrogens is 498 g/mol. The summed E-state index contributed by atoms with van der Waals surface area (Å²) >= 11 is 0. The molecule has 186 valence electrons. The molecular formula is C24H19F4N5O2S. The number of fused-ring (bicyclic) bond motifs is 1. The highest BCUT2D eigenvalue weighted by molar-refractivity contribution is 7.89. The summed E-state index contributed by atoms with van der Waals surface area (Å²) < 4.78 is 81.2. The lowest BCUT2D eigenvalue weighted by Crippen LogP contribution is -2.42. The second kappa shape index (κ2) is 9.33. The molecule has 0 aliphatic carbocycles. The zero-order valence-corrected chi connectivity index (χ0v) is 19.8. The molecule has 36 heavy (non-hydrogen) atoms. The molecule has 4 aromatic rings. The summed E-state index contributed by atoms with van der Waals surface area (Å²) in [5.74, 6) is -0.0719. The van der Waals surface area contributed by atoms with Crippen molar-refractivity contribution < 1.29 is 26.0 Å². The van der Waals surface area contributed by atoms with Crippen LogP contribution < -0.4 is 4.72 Å². The molecule has 12 heteroatoms. The van der Waals surface area contributed by atoms with Gasteiger partial charge in [0.05, 0.1) is 22.5 Å². The number of nitrogens with one attached hydrogen (secondary N) is 1. The quantitative estimate of drug-likeness (QED) is 0.367. The molecule has 0 saturated heterocycles. The first-order valence-corrected chi connectivity index (χ1v) is 12.2. The van der Waals surface area contributed by atoms with Gasteiger partial charge in [0.15, 0.2) is 0 Å². The number of pyridine rings is 2. The summed E-state index contributed by atoms with van der Waals surface area (Å²) in [4.78, 5) is 8.00. The minimum Gasteiger partial charge on any atom is -0.291 e. The number of aromatic nitrogens is 3. The van der Waals surface area contributed by atoms with Crippen LogP contribution in [0.5, 0.6) is 0 Å². The summed E-state index contributed by atoms with van der Waals surface area (Å²) in [5, 5.41) is 10.3. The third-order valence-corrected chi connectivity index (χ3v) is 7.14. The fourth-order valence-corrected chi connectivity index (χ4v) is 4.92. The molecule has 0 aliphatic rings. The zero-order chi connectivity index (χ0) is 26.3. The summed E-state index contributed by atoms with van der Waals surface area (Å²) in [6, 6.07) is 10.1. The van der Waals surface area contributed by atoms with Crippen LogP contribution in [0.3, 0.4) is 0 Å². The van der Waals surface area contributed by atoms with Crippen LogP contribution in [0.1, 0.15) is 25.0 Å². The Kier molecular flexibility index (Phi) is 6.55. The van der Waals surface area contributed by atoms with Gasteiger partial charge >= 0.3 is 6.18 Å². The zero-order valence-electron chi connectivity index (χ0n) is 19.0. The van der Waals surface area contributed by atoms with Crippen LogP contribution in [0.2, 0.25) is 0 Å². The van der Waals surface area contributed by atoms with Crippen molar-refractivity contribution >= 4 is 20.9 Å². The van der Waals surface area contributed by atoms with Crippen LogP contribution in [0, 0.1) is 17.1 Å². The predicted molar refractivity (Wildman–Crippen MR) is 124 cm³/mol. The Bertz CT molecular complexity index is 1580. The standard InChI is InChI=1S/C24H19F4N5O2S/c1-3-15-10-21-17(11-19(15)25)18(12-29)23(33(21)22-6-4-5-9-30-22)20-8-7-16(13-31-20)36(34,35)32-14(2)24(26,27)28/h4-11,13-14,32H,3H2,1-2H3. The number of benzene rings is 1. The number of hydrogen-bond acceptors (Lipinski definition) is 5. The Morgan fingerprint density at radius 2 is 1.92 bits per heavy atom. The first-order valence-electron chi connectivity index (χ1n) is 10.7. The number of alkyl halides is 3. The van der Waals surface area contributed by atoms with Crippen molar-refractivity contribution in [3.63, 3.8) is 0 Å². The molecule has 0 spiro atoms. The largest absolute Gasteiger partial charge is 0.404 e. The van der Waals surface area contributed by atoms with E-state index in [-0.39, 0.29) is 17.0 Å². The van der Waals surface area contributed by atoms with Gasteiger partial charge in [0.1, 0.15) is 28.6 Å². The van der Waals surface area contributed by atoms with Crippen LogP contribution in [0.4, 0.5) is 17.6 Å². The van der Waals surface area contributed by atoms with E-state index in [2.05, 4.69) is 16.0 Å². The van der Waals surface area contributed by atoms with Gasteiger partial charge in [-0.05, 0) is 55.3 Å². The molecule has 1 atom stereocenters. The maximum absolute atomic E-state index is 14.7. The van der Waals surface area contributed by atoms with Crippen molar-refractivity contribution in [3.8, 4) is 23.3 Å². The van der Waals surface area contributed by atoms with Gasteiger partial charge in [0.25, 0.3) is 0 Å².